The summed E-state index contributed by atoms with van der Waals surface area (Å²) in [6.45, 7) is 4.33. The van der Waals surface area contributed by atoms with E-state index >= 15 is 0 Å². The molecule has 1 fully saturated rings. The fourth-order valence-corrected chi connectivity index (χ4v) is 4.97. The van der Waals surface area contributed by atoms with E-state index in [1.54, 1.807) is 18.3 Å². The third-order valence-corrected chi connectivity index (χ3v) is 7.14. The van der Waals surface area contributed by atoms with Gasteiger partial charge in [0, 0.05) is 30.4 Å². The molecule has 8 heteroatoms. The third-order valence-electron chi connectivity index (χ3n) is 7.14. The largest absolute Gasteiger partial charge is 0.497 e. The van der Waals surface area contributed by atoms with Crippen LogP contribution in [-0.2, 0) is 20.1 Å². The molecule has 1 aliphatic heterocycles. The van der Waals surface area contributed by atoms with Gasteiger partial charge < -0.3 is 14.6 Å². The average Bonchev–Trinajstić information content (AvgIpc) is 3.53. The number of hydrogen-bond donors (Lipinski definition) is 1. The van der Waals surface area contributed by atoms with Crippen molar-refractivity contribution < 1.29 is 9.53 Å². The number of nitrogens with one attached hydrogen (secondary N) is 1. The summed E-state index contributed by atoms with van der Waals surface area (Å²) in [7, 11) is 3.55. The number of benzene rings is 2. The Morgan fingerprint density at radius 1 is 1.05 bits per heavy atom. The predicted octanol–water partition coefficient (Wildman–Crippen LogP) is 4.52. The summed E-state index contributed by atoms with van der Waals surface area (Å²) >= 11 is 0. The van der Waals surface area contributed by atoms with E-state index in [0.717, 1.165) is 64.1 Å². The lowest BCUT2D eigenvalue weighted by atomic mass is 9.95. The highest BCUT2D eigenvalue weighted by Crippen LogP contribution is 2.37. The third kappa shape index (κ3) is 4.60. The maximum Gasteiger partial charge on any atom is 0.260 e. The molecule has 37 heavy (non-hydrogen) atoms. The second-order valence-corrected chi connectivity index (χ2v) is 9.99. The number of nitrogens with zero attached hydrogens (tertiary/aromatic N) is 5. The highest BCUT2D eigenvalue weighted by atomic mass is 16.5. The molecule has 188 valence electrons. The summed E-state index contributed by atoms with van der Waals surface area (Å²) in [5.41, 5.74) is 6.56. The molecule has 0 atom stereocenters. The van der Waals surface area contributed by atoms with Crippen LogP contribution in [0.4, 0.5) is 5.82 Å². The number of methoxy groups -OCH3 is 1. The first-order chi connectivity index (χ1) is 18.0. The highest BCUT2D eigenvalue weighted by Gasteiger charge is 2.30. The minimum absolute atomic E-state index is 0.0273. The Hall–Kier alpha value is -4.04. The number of anilines is 1. The smallest absolute Gasteiger partial charge is 0.260 e. The van der Waals surface area contributed by atoms with Crippen molar-refractivity contribution in [1.82, 2.24) is 25.1 Å². The number of ether oxygens (including phenoxy) is 1. The zero-order valence-electron chi connectivity index (χ0n) is 21.4. The van der Waals surface area contributed by atoms with Gasteiger partial charge >= 0.3 is 0 Å². The summed E-state index contributed by atoms with van der Waals surface area (Å²) in [4.78, 5) is 20.1. The fourth-order valence-electron chi connectivity index (χ4n) is 4.97. The molecule has 3 heterocycles. The van der Waals surface area contributed by atoms with Crippen molar-refractivity contribution >= 4 is 11.7 Å². The average molecular weight is 495 g/mol. The topological polar surface area (TPSA) is 85.2 Å². The lowest BCUT2D eigenvalue weighted by molar-refractivity contribution is 0.0996. The first-order valence-electron chi connectivity index (χ1n) is 12.7. The molecule has 0 saturated heterocycles. The Kier molecular flexibility index (Phi) is 5.96. The second-order valence-electron chi connectivity index (χ2n) is 9.99. The Balaban J connectivity index is 1.31. The Bertz CT molecular complexity index is 1490. The van der Waals surface area contributed by atoms with Gasteiger partial charge in [0.15, 0.2) is 5.82 Å². The maximum atomic E-state index is 13.6. The number of aromatic nitrogens is 4. The van der Waals surface area contributed by atoms with E-state index < -0.39 is 0 Å². The molecule has 1 aliphatic carbocycles. The van der Waals surface area contributed by atoms with Crippen molar-refractivity contribution in [2.45, 2.75) is 32.9 Å². The molecular formula is C29H30N6O2. The van der Waals surface area contributed by atoms with Crippen LogP contribution in [0.15, 0.2) is 54.9 Å². The van der Waals surface area contributed by atoms with Crippen LogP contribution in [0, 0.1) is 12.8 Å². The Morgan fingerprint density at radius 2 is 1.92 bits per heavy atom. The summed E-state index contributed by atoms with van der Waals surface area (Å²) in [6, 6.07) is 16.1. The standard InChI is InChI=1S/C29H30N6O2/c1-18-10-20(15-30-14-19-4-5-19)11-27(32-18)35-16-22-7-6-21(12-25(22)29(35)36)24-9-8-23(37-3)13-26(24)28-33-31-17-34(28)2/h6-13,17,19,30H,4-5,14-16H2,1-3H3. The summed E-state index contributed by atoms with van der Waals surface area (Å²) in [5, 5.41) is 11.9. The molecule has 0 spiro atoms. The van der Waals surface area contributed by atoms with Crippen molar-refractivity contribution in [2.24, 2.45) is 13.0 Å². The first-order valence-corrected chi connectivity index (χ1v) is 12.7. The van der Waals surface area contributed by atoms with Crippen LogP contribution in [0.3, 0.4) is 0 Å². The quantitative estimate of drug-likeness (QED) is 0.388. The lowest BCUT2D eigenvalue weighted by Gasteiger charge is -2.17. The van der Waals surface area contributed by atoms with Crippen molar-refractivity contribution in [3.63, 3.8) is 0 Å². The summed E-state index contributed by atoms with van der Waals surface area (Å²) < 4.78 is 7.34. The van der Waals surface area contributed by atoms with Crippen LogP contribution < -0.4 is 15.0 Å². The van der Waals surface area contributed by atoms with Gasteiger partial charge in [-0.15, -0.1) is 10.2 Å². The van der Waals surface area contributed by atoms with Crippen molar-refractivity contribution in [3.05, 3.63) is 77.2 Å². The molecule has 1 amide bonds. The van der Waals surface area contributed by atoms with Crippen LogP contribution in [0.2, 0.25) is 0 Å². The number of pyridine rings is 1. The van der Waals surface area contributed by atoms with Crippen molar-refractivity contribution in [2.75, 3.05) is 18.6 Å². The number of amides is 1. The molecule has 6 rings (SSSR count). The van der Waals surface area contributed by atoms with Crippen LogP contribution in [0.1, 0.15) is 40.0 Å². The molecule has 2 aliphatic rings. The van der Waals surface area contributed by atoms with Crippen LogP contribution >= 0.6 is 0 Å². The molecule has 4 aromatic rings. The number of aryl methyl sites for hydroxylation is 2. The van der Waals surface area contributed by atoms with Gasteiger partial charge in [0.05, 0.1) is 13.7 Å². The zero-order valence-corrected chi connectivity index (χ0v) is 21.4. The van der Waals surface area contributed by atoms with E-state index in [4.69, 9.17) is 9.72 Å². The minimum atomic E-state index is -0.0273. The number of fused-ring (bicyclic) bond motifs is 1. The van der Waals surface area contributed by atoms with E-state index in [1.807, 2.05) is 54.9 Å². The minimum Gasteiger partial charge on any atom is -0.497 e. The van der Waals surface area contributed by atoms with Crippen molar-refractivity contribution in [3.8, 4) is 28.3 Å². The highest BCUT2D eigenvalue weighted by molar-refractivity contribution is 6.10. The van der Waals surface area contributed by atoms with Crippen LogP contribution in [0.5, 0.6) is 5.75 Å². The maximum absolute atomic E-state index is 13.6. The number of carbonyl (C=O) groups is 1. The number of rotatable bonds is 8. The monoisotopic (exact) mass is 494 g/mol. The molecule has 0 bridgehead atoms. The van der Waals surface area contributed by atoms with Gasteiger partial charge in [0.1, 0.15) is 17.9 Å². The molecule has 2 aromatic carbocycles. The van der Waals surface area contributed by atoms with Gasteiger partial charge in [-0.25, -0.2) is 4.98 Å². The molecular weight excluding hydrogens is 464 g/mol. The molecule has 8 nitrogen and oxygen atoms in total. The summed E-state index contributed by atoms with van der Waals surface area (Å²) in [6.07, 6.45) is 4.33. The van der Waals surface area contributed by atoms with E-state index in [0.29, 0.717) is 17.9 Å². The van der Waals surface area contributed by atoms with Crippen molar-refractivity contribution in [1.29, 1.82) is 0 Å². The predicted molar refractivity (Wildman–Crippen MR) is 142 cm³/mol. The molecule has 0 radical (unpaired) electrons. The van der Waals surface area contributed by atoms with Gasteiger partial charge in [-0.05, 0) is 90.9 Å². The van der Waals surface area contributed by atoms with Gasteiger partial charge in [0.2, 0.25) is 0 Å². The molecule has 1 N–H and O–H groups in total. The zero-order chi connectivity index (χ0) is 25.5. The number of carbonyl (C=O) groups excluding carboxylic acids is 1. The van der Waals surface area contributed by atoms with Gasteiger partial charge in [-0.3, -0.25) is 9.69 Å². The van der Waals surface area contributed by atoms with E-state index in [9.17, 15) is 4.79 Å². The first kappa shape index (κ1) is 23.4. The molecule has 1 saturated carbocycles. The lowest BCUT2D eigenvalue weighted by Crippen LogP contribution is -2.25. The van der Waals surface area contributed by atoms with Gasteiger partial charge in [0.25, 0.3) is 5.91 Å². The van der Waals surface area contributed by atoms with Gasteiger partial charge in [-0.2, -0.15) is 0 Å². The van der Waals surface area contributed by atoms with E-state index in [-0.39, 0.29) is 5.91 Å². The van der Waals surface area contributed by atoms with E-state index in [2.05, 4.69) is 27.6 Å². The van der Waals surface area contributed by atoms with Crippen LogP contribution in [-0.4, -0.2) is 39.3 Å². The molecule has 2 aromatic heterocycles. The SMILES string of the molecule is COc1ccc(-c2ccc3c(c2)C(=O)N(c2cc(CNCC4CC4)cc(C)n2)C3)c(-c2nncn2C)c1. The Morgan fingerprint density at radius 3 is 2.68 bits per heavy atom. The van der Waals surface area contributed by atoms with Gasteiger partial charge in [-0.1, -0.05) is 12.1 Å². The summed E-state index contributed by atoms with van der Waals surface area (Å²) in [5.74, 6) is 2.97. The normalized spacial score (nSPS) is 14.8. The molecule has 0 unspecified atom stereocenters. The van der Waals surface area contributed by atoms with E-state index in [1.165, 1.54) is 12.8 Å². The number of hydrogen-bond acceptors (Lipinski definition) is 6. The Labute approximate surface area is 216 Å². The van der Waals surface area contributed by atoms with Crippen LogP contribution in [0.25, 0.3) is 22.5 Å². The second kappa shape index (κ2) is 9.44. The fraction of sp³-hybridized carbons (Fsp3) is 0.310.